The van der Waals surface area contributed by atoms with E-state index in [9.17, 15) is 10.1 Å². The molecule has 70 valence electrons. The maximum Gasteiger partial charge on any atom is 0.269 e. The van der Waals surface area contributed by atoms with E-state index in [0.717, 1.165) is 11.1 Å². The largest absolute Gasteiger partial charge is 0.324 e. The molecule has 4 heteroatoms. The molecule has 0 aliphatic carbocycles. The first-order chi connectivity index (χ1) is 6.02. The Balaban J connectivity index is 3.13. The van der Waals surface area contributed by atoms with Gasteiger partial charge in [0.05, 0.1) is 4.92 Å². The summed E-state index contributed by atoms with van der Waals surface area (Å²) >= 11 is 0. The van der Waals surface area contributed by atoms with Gasteiger partial charge in [-0.25, -0.2) is 0 Å². The van der Waals surface area contributed by atoms with Crippen molar-refractivity contribution in [3.8, 4) is 0 Å². The molecular weight excluding hydrogens is 168 g/mol. The van der Waals surface area contributed by atoms with Crippen molar-refractivity contribution >= 4 is 5.69 Å². The van der Waals surface area contributed by atoms with E-state index in [2.05, 4.69) is 0 Å². The van der Waals surface area contributed by atoms with Gasteiger partial charge in [0, 0.05) is 18.2 Å². The molecule has 0 aromatic heterocycles. The Labute approximate surface area is 76.5 Å². The van der Waals surface area contributed by atoms with Crippen molar-refractivity contribution in [2.45, 2.75) is 19.9 Å². The minimum atomic E-state index is -0.405. The summed E-state index contributed by atoms with van der Waals surface area (Å²) in [5.74, 6) is 0. The van der Waals surface area contributed by atoms with Crippen LogP contribution in [-0.2, 0) is 0 Å². The average Bonchev–Trinajstić information content (AvgIpc) is 2.03. The Morgan fingerprint density at radius 1 is 1.54 bits per heavy atom. The number of nitrogens with two attached hydrogens (primary N) is 1. The molecule has 1 aromatic carbocycles. The van der Waals surface area contributed by atoms with Crippen LogP contribution < -0.4 is 5.73 Å². The molecule has 0 spiro atoms. The lowest BCUT2D eigenvalue weighted by molar-refractivity contribution is -0.384. The summed E-state index contributed by atoms with van der Waals surface area (Å²) < 4.78 is 0. The highest BCUT2D eigenvalue weighted by molar-refractivity contribution is 5.40. The number of hydrogen-bond donors (Lipinski definition) is 1. The number of nitro groups is 1. The molecule has 2 N–H and O–H groups in total. The van der Waals surface area contributed by atoms with Crippen LogP contribution in [0.4, 0.5) is 5.69 Å². The van der Waals surface area contributed by atoms with Crippen molar-refractivity contribution in [1.29, 1.82) is 0 Å². The van der Waals surface area contributed by atoms with Gasteiger partial charge in [-0.15, -0.1) is 0 Å². The van der Waals surface area contributed by atoms with Gasteiger partial charge in [-0.1, -0.05) is 6.07 Å². The molecule has 0 fully saturated rings. The van der Waals surface area contributed by atoms with Crippen molar-refractivity contribution in [1.82, 2.24) is 0 Å². The quantitative estimate of drug-likeness (QED) is 0.558. The number of non-ortho nitro benzene ring substituents is 1. The fraction of sp³-hybridized carbons (Fsp3) is 0.333. The van der Waals surface area contributed by atoms with E-state index in [1.54, 1.807) is 12.1 Å². The summed E-state index contributed by atoms with van der Waals surface area (Å²) in [5, 5.41) is 10.4. The molecule has 0 amide bonds. The fourth-order valence-corrected chi connectivity index (χ4v) is 1.28. The first-order valence-electron chi connectivity index (χ1n) is 4.03. The summed E-state index contributed by atoms with van der Waals surface area (Å²) in [7, 11) is 0. The van der Waals surface area contributed by atoms with Gasteiger partial charge < -0.3 is 5.73 Å². The predicted molar refractivity (Wildman–Crippen MR) is 50.4 cm³/mol. The monoisotopic (exact) mass is 180 g/mol. The second-order valence-electron chi connectivity index (χ2n) is 3.09. The predicted octanol–water partition coefficient (Wildman–Crippen LogP) is 1.92. The van der Waals surface area contributed by atoms with Crippen molar-refractivity contribution in [3.05, 3.63) is 39.4 Å². The molecule has 1 unspecified atom stereocenters. The maximum atomic E-state index is 10.4. The third kappa shape index (κ3) is 2.03. The minimum absolute atomic E-state index is 0.0826. The van der Waals surface area contributed by atoms with Crippen LogP contribution in [0.25, 0.3) is 0 Å². The van der Waals surface area contributed by atoms with Crippen molar-refractivity contribution in [2.75, 3.05) is 0 Å². The number of hydrogen-bond acceptors (Lipinski definition) is 3. The molecule has 0 aliphatic heterocycles. The van der Waals surface area contributed by atoms with Crippen LogP contribution in [0.5, 0.6) is 0 Å². The third-order valence-electron chi connectivity index (χ3n) is 1.95. The first-order valence-corrected chi connectivity index (χ1v) is 4.03. The van der Waals surface area contributed by atoms with E-state index in [-0.39, 0.29) is 11.7 Å². The molecule has 0 saturated carbocycles. The Bertz CT molecular complexity index is 334. The maximum absolute atomic E-state index is 10.4. The summed E-state index contributed by atoms with van der Waals surface area (Å²) in [4.78, 5) is 10.0. The number of rotatable bonds is 2. The van der Waals surface area contributed by atoms with E-state index in [1.807, 2.05) is 13.8 Å². The van der Waals surface area contributed by atoms with Gasteiger partial charge in [0.15, 0.2) is 0 Å². The SMILES string of the molecule is Cc1cc([N+](=O)[O-])ccc1C(C)N. The number of benzene rings is 1. The smallest absolute Gasteiger partial charge is 0.269 e. The number of nitrogens with zero attached hydrogens (tertiary/aromatic N) is 1. The summed E-state index contributed by atoms with van der Waals surface area (Å²) in [6.07, 6.45) is 0. The zero-order valence-corrected chi connectivity index (χ0v) is 7.65. The molecule has 4 nitrogen and oxygen atoms in total. The highest BCUT2D eigenvalue weighted by Crippen LogP contribution is 2.20. The Hall–Kier alpha value is -1.42. The highest BCUT2D eigenvalue weighted by atomic mass is 16.6. The second-order valence-corrected chi connectivity index (χ2v) is 3.09. The van der Waals surface area contributed by atoms with Gasteiger partial charge in [0.1, 0.15) is 0 Å². The van der Waals surface area contributed by atoms with Crippen LogP contribution in [0.3, 0.4) is 0 Å². The number of nitro benzene ring substituents is 1. The van der Waals surface area contributed by atoms with Gasteiger partial charge in [-0.05, 0) is 25.0 Å². The Morgan fingerprint density at radius 2 is 2.15 bits per heavy atom. The normalized spacial score (nSPS) is 12.5. The molecular formula is C9H12N2O2. The zero-order valence-electron chi connectivity index (χ0n) is 7.65. The molecule has 1 rings (SSSR count). The van der Waals surface area contributed by atoms with E-state index in [1.165, 1.54) is 6.07 Å². The molecule has 1 atom stereocenters. The van der Waals surface area contributed by atoms with Gasteiger partial charge in [-0.3, -0.25) is 10.1 Å². The average molecular weight is 180 g/mol. The summed E-state index contributed by atoms with van der Waals surface area (Å²) in [6, 6.07) is 4.64. The summed E-state index contributed by atoms with van der Waals surface area (Å²) in [6.45, 7) is 3.68. The molecule has 0 bridgehead atoms. The van der Waals surface area contributed by atoms with E-state index in [0.29, 0.717) is 0 Å². The number of aryl methyl sites for hydroxylation is 1. The third-order valence-corrected chi connectivity index (χ3v) is 1.95. The van der Waals surface area contributed by atoms with Gasteiger partial charge >= 0.3 is 0 Å². The Kier molecular flexibility index (Phi) is 2.63. The molecule has 0 saturated heterocycles. The van der Waals surface area contributed by atoms with Crippen LogP contribution in [-0.4, -0.2) is 4.92 Å². The van der Waals surface area contributed by atoms with Crippen molar-refractivity contribution in [2.24, 2.45) is 5.73 Å². The lowest BCUT2D eigenvalue weighted by atomic mass is 10.0. The Morgan fingerprint density at radius 3 is 2.54 bits per heavy atom. The lowest BCUT2D eigenvalue weighted by Gasteiger charge is -2.08. The second kappa shape index (κ2) is 3.53. The minimum Gasteiger partial charge on any atom is -0.324 e. The van der Waals surface area contributed by atoms with E-state index >= 15 is 0 Å². The van der Waals surface area contributed by atoms with Crippen molar-refractivity contribution < 1.29 is 4.92 Å². The van der Waals surface area contributed by atoms with Crippen LogP contribution in [0, 0.1) is 17.0 Å². The molecule has 0 aliphatic rings. The van der Waals surface area contributed by atoms with Crippen LogP contribution >= 0.6 is 0 Å². The topological polar surface area (TPSA) is 69.2 Å². The van der Waals surface area contributed by atoms with Crippen LogP contribution in [0.2, 0.25) is 0 Å². The molecule has 0 heterocycles. The first kappa shape index (κ1) is 9.67. The molecule has 1 aromatic rings. The molecule has 0 radical (unpaired) electrons. The molecule has 13 heavy (non-hydrogen) atoms. The van der Waals surface area contributed by atoms with Crippen molar-refractivity contribution in [3.63, 3.8) is 0 Å². The van der Waals surface area contributed by atoms with Crippen LogP contribution in [0.15, 0.2) is 18.2 Å². The summed E-state index contributed by atoms with van der Waals surface area (Å²) in [5.41, 5.74) is 7.60. The van der Waals surface area contributed by atoms with E-state index < -0.39 is 4.92 Å². The van der Waals surface area contributed by atoms with Gasteiger partial charge in [-0.2, -0.15) is 0 Å². The lowest BCUT2D eigenvalue weighted by Crippen LogP contribution is -2.06. The fourth-order valence-electron chi connectivity index (χ4n) is 1.28. The van der Waals surface area contributed by atoms with Gasteiger partial charge in [0.25, 0.3) is 5.69 Å². The zero-order chi connectivity index (χ0) is 10.0. The highest BCUT2D eigenvalue weighted by Gasteiger charge is 2.09. The van der Waals surface area contributed by atoms with E-state index in [4.69, 9.17) is 5.73 Å². The standard InChI is InChI=1S/C9H12N2O2/c1-6-5-8(11(12)13)3-4-9(6)7(2)10/h3-5,7H,10H2,1-2H3. The van der Waals surface area contributed by atoms with Gasteiger partial charge in [0.2, 0.25) is 0 Å². The van der Waals surface area contributed by atoms with Crippen LogP contribution in [0.1, 0.15) is 24.1 Å².